The molecular weight excluding hydrogens is 262 g/mol. The lowest BCUT2D eigenvalue weighted by Crippen LogP contribution is -2.45. The zero-order chi connectivity index (χ0) is 13.6. The van der Waals surface area contributed by atoms with Gasteiger partial charge in [-0.2, -0.15) is 0 Å². The summed E-state index contributed by atoms with van der Waals surface area (Å²) in [6.45, 7) is 2.90. The number of thioether (sulfide) groups is 1. The average Bonchev–Trinajstić information content (AvgIpc) is 2.73. The van der Waals surface area contributed by atoms with Crippen LogP contribution in [0.15, 0.2) is 12.1 Å². The number of methoxy groups -OCH3 is 2. The Kier molecular flexibility index (Phi) is 2.89. The third kappa shape index (κ3) is 1.71. The molecule has 0 unspecified atom stereocenters. The molecule has 0 bridgehead atoms. The third-order valence-corrected chi connectivity index (χ3v) is 5.40. The van der Waals surface area contributed by atoms with Gasteiger partial charge in [0.15, 0.2) is 11.5 Å². The highest BCUT2D eigenvalue weighted by Crippen LogP contribution is 2.50. The maximum absolute atomic E-state index is 12.0. The van der Waals surface area contributed by atoms with E-state index in [-0.39, 0.29) is 10.8 Å². The number of amides is 1. The van der Waals surface area contributed by atoms with Crippen LogP contribution in [0, 0.1) is 0 Å². The molecule has 3 rings (SSSR count). The summed E-state index contributed by atoms with van der Waals surface area (Å²) in [6, 6.07) is 4.06. The second-order valence-corrected chi connectivity index (χ2v) is 6.30. The van der Waals surface area contributed by atoms with Crippen molar-refractivity contribution in [1.82, 2.24) is 4.90 Å². The van der Waals surface area contributed by atoms with Crippen molar-refractivity contribution in [2.45, 2.75) is 18.2 Å². The third-order valence-electron chi connectivity index (χ3n) is 4.01. The van der Waals surface area contributed by atoms with Gasteiger partial charge in [-0.3, -0.25) is 4.79 Å². The topological polar surface area (TPSA) is 38.8 Å². The van der Waals surface area contributed by atoms with Gasteiger partial charge in [0, 0.05) is 6.54 Å². The molecule has 2 heterocycles. The second-order valence-electron chi connectivity index (χ2n) is 4.93. The molecule has 5 heteroatoms. The van der Waals surface area contributed by atoms with E-state index in [2.05, 4.69) is 6.92 Å². The zero-order valence-corrected chi connectivity index (χ0v) is 12.2. The number of hydrogen-bond donors (Lipinski definition) is 0. The molecule has 1 fully saturated rings. The summed E-state index contributed by atoms with van der Waals surface area (Å²) >= 11 is 1.69. The molecule has 0 radical (unpaired) electrons. The number of nitrogens with zero attached hydrogens (tertiary/aromatic N) is 1. The van der Waals surface area contributed by atoms with Gasteiger partial charge in [-0.1, -0.05) is 0 Å². The van der Waals surface area contributed by atoms with Gasteiger partial charge in [-0.05, 0) is 36.6 Å². The molecule has 19 heavy (non-hydrogen) atoms. The molecule has 0 N–H and O–H groups in total. The fourth-order valence-electron chi connectivity index (χ4n) is 2.95. The summed E-state index contributed by atoms with van der Waals surface area (Å²) in [4.78, 5) is 13.7. The Labute approximate surface area is 117 Å². The quantitative estimate of drug-likeness (QED) is 0.830. The Bertz CT molecular complexity index is 546. The lowest BCUT2D eigenvalue weighted by molar-refractivity contribution is -0.130. The SMILES string of the molecule is COc1cc2c(cc1OC)[C@]1(C)SCC(=O)N1CC2. The molecule has 1 saturated heterocycles. The monoisotopic (exact) mass is 279 g/mol. The molecule has 1 aromatic rings. The molecule has 102 valence electrons. The molecule has 0 saturated carbocycles. The van der Waals surface area contributed by atoms with Crippen LogP contribution >= 0.6 is 11.8 Å². The lowest BCUT2D eigenvalue weighted by atomic mass is 9.92. The standard InChI is InChI=1S/C14H17NO3S/c1-14-10-7-12(18-3)11(17-2)6-9(10)4-5-15(14)13(16)8-19-14/h6-7H,4-5,8H2,1-3H3/t14-/m0/s1. The largest absolute Gasteiger partial charge is 0.493 e. The highest BCUT2D eigenvalue weighted by molar-refractivity contribution is 8.01. The summed E-state index contributed by atoms with van der Waals surface area (Å²) in [5.74, 6) is 2.27. The number of ether oxygens (including phenoxy) is 2. The van der Waals surface area contributed by atoms with Crippen LogP contribution in [0.3, 0.4) is 0 Å². The molecule has 0 spiro atoms. The van der Waals surface area contributed by atoms with Crippen LogP contribution in [0.5, 0.6) is 11.5 Å². The van der Waals surface area contributed by atoms with Crippen LogP contribution in [-0.4, -0.2) is 37.3 Å². The second kappa shape index (κ2) is 4.34. The Morgan fingerprint density at radius 2 is 1.95 bits per heavy atom. The van der Waals surface area contributed by atoms with E-state index in [1.54, 1.807) is 26.0 Å². The molecule has 2 aliphatic heterocycles. The average molecular weight is 279 g/mol. The van der Waals surface area contributed by atoms with Crippen molar-refractivity contribution in [3.63, 3.8) is 0 Å². The fourth-order valence-corrected chi connectivity index (χ4v) is 4.20. The van der Waals surface area contributed by atoms with Crippen LogP contribution in [0.1, 0.15) is 18.1 Å². The van der Waals surface area contributed by atoms with Crippen LogP contribution < -0.4 is 9.47 Å². The van der Waals surface area contributed by atoms with E-state index in [0.29, 0.717) is 5.75 Å². The van der Waals surface area contributed by atoms with Crippen LogP contribution in [0.2, 0.25) is 0 Å². The Morgan fingerprint density at radius 1 is 1.26 bits per heavy atom. The first-order chi connectivity index (χ1) is 9.10. The minimum atomic E-state index is -0.260. The van der Waals surface area contributed by atoms with E-state index >= 15 is 0 Å². The van der Waals surface area contributed by atoms with Crippen molar-refractivity contribution >= 4 is 17.7 Å². The summed E-state index contributed by atoms with van der Waals surface area (Å²) in [5, 5.41) is 0. The van der Waals surface area contributed by atoms with Crippen molar-refractivity contribution in [3.05, 3.63) is 23.3 Å². The summed E-state index contributed by atoms with van der Waals surface area (Å²) in [6.07, 6.45) is 0.873. The van der Waals surface area contributed by atoms with Gasteiger partial charge in [0.05, 0.1) is 20.0 Å². The predicted molar refractivity (Wildman–Crippen MR) is 74.8 cm³/mol. The van der Waals surface area contributed by atoms with Gasteiger partial charge in [-0.15, -0.1) is 11.8 Å². The Balaban J connectivity index is 2.15. The fraction of sp³-hybridized carbons (Fsp3) is 0.500. The predicted octanol–water partition coefficient (Wildman–Crippen LogP) is 2.01. The zero-order valence-electron chi connectivity index (χ0n) is 11.4. The molecule has 1 aromatic carbocycles. The van der Waals surface area contributed by atoms with Gasteiger partial charge in [0.1, 0.15) is 4.87 Å². The highest BCUT2D eigenvalue weighted by atomic mass is 32.2. The number of hydrogen-bond acceptors (Lipinski definition) is 4. The van der Waals surface area contributed by atoms with Crippen molar-refractivity contribution < 1.29 is 14.3 Å². The van der Waals surface area contributed by atoms with E-state index in [0.717, 1.165) is 24.5 Å². The van der Waals surface area contributed by atoms with Gasteiger partial charge in [0.2, 0.25) is 5.91 Å². The number of carbonyl (C=O) groups is 1. The Hall–Kier alpha value is -1.36. The first kappa shape index (κ1) is 12.7. The van der Waals surface area contributed by atoms with Gasteiger partial charge in [0.25, 0.3) is 0 Å². The maximum atomic E-state index is 12.0. The van der Waals surface area contributed by atoms with Crippen LogP contribution in [0.4, 0.5) is 0 Å². The van der Waals surface area contributed by atoms with E-state index < -0.39 is 0 Å². The van der Waals surface area contributed by atoms with E-state index in [1.807, 2.05) is 17.0 Å². The maximum Gasteiger partial charge on any atom is 0.234 e. The molecule has 1 atom stereocenters. The van der Waals surface area contributed by atoms with E-state index in [1.165, 1.54) is 11.1 Å². The van der Waals surface area contributed by atoms with E-state index in [4.69, 9.17) is 9.47 Å². The number of fused-ring (bicyclic) bond motifs is 3. The molecule has 0 aliphatic carbocycles. The number of rotatable bonds is 2. The number of benzene rings is 1. The molecule has 1 amide bonds. The molecule has 0 aromatic heterocycles. The van der Waals surface area contributed by atoms with Crippen molar-refractivity contribution in [2.75, 3.05) is 26.5 Å². The summed E-state index contributed by atoms with van der Waals surface area (Å²) in [5.41, 5.74) is 2.42. The van der Waals surface area contributed by atoms with Crippen LogP contribution in [-0.2, 0) is 16.1 Å². The normalized spacial score (nSPS) is 25.0. The van der Waals surface area contributed by atoms with Crippen LogP contribution in [0.25, 0.3) is 0 Å². The first-order valence-electron chi connectivity index (χ1n) is 6.30. The molecule has 2 aliphatic rings. The van der Waals surface area contributed by atoms with Gasteiger partial charge >= 0.3 is 0 Å². The minimum absolute atomic E-state index is 0.230. The van der Waals surface area contributed by atoms with Gasteiger partial charge in [-0.25, -0.2) is 0 Å². The lowest BCUT2D eigenvalue weighted by Gasteiger charge is -2.40. The minimum Gasteiger partial charge on any atom is -0.493 e. The summed E-state index contributed by atoms with van der Waals surface area (Å²) in [7, 11) is 3.29. The molecular formula is C14H17NO3S. The first-order valence-corrected chi connectivity index (χ1v) is 7.28. The van der Waals surface area contributed by atoms with Crippen molar-refractivity contribution in [3.8, 4) is 11.5 Å². The van der Waals surface area contributed by atoms with Crippen molar-refractivity contribution in [1.29, 1.82) is 0 Å². The van der Waals surface area contributed by atoms with Gasteiger partial charge < -0.3 is 14.4 Å². The highest BCUT2D eigenvalue weighted by Gasteiger charge is 2.47. The Morgan fingerprint density at radius 3 is 2.63 bits per heavy atom. The van der Waals surface area contributed by atoms with E-state index in [9.17, 15) is 4.79 Å². The van der Waals surface area contributed by atoms with Crippen molar-refractivity contribution in [2.24, 2.45) is 0 Å². The number of carbonyl (C=O) groups excluding carboxylic acids is 1. The summed E-state index contributed by atoms with van der Waals surface area (Å²) < 4.78 is 10.7. The smallest absolute Gasteiger partial charge is 0.234 e. The molecule has 4 nitrogen and oxygen atoms in total.